The van der Waals surface area contributed by atoms with E-state index in [-0.39, 0.29) is 17.6 Å². The van der Waals surface area contributed by atoms with E-state index in [1.54, 1.807) is 29.2 Å². The van der Waals surface area contributed by atoms with Gasteiger partial charge in [0.15, 0.2) is 0 Å². The quantitative estimate of drug-likeness (QED) is 0.394. The average molecular weight is 482 g/mol. The summed E-state index contributed by atoms with van der Waals surface area (Å²) >= 11 is 1.17. The SMILES string of the molecule is CCN(CC)C(=O)c1cccc(NC(=O)CSc2nnc(-c3ccc(N(CC)CC)cc3)o2)c1. The zero-order valence-electron chi connectivity index (χ0n) is 20.1. The van der Waals surface area contributed by atoms with Gasteiger partial charge in [0, 0.05) is 48.7 Å². The summed E-state index contributed by atoms with van der Waals surface area (Å²) in [6, 6.07) is 14.9. The van der Waals surface area contributed by atoms with Gasteiger partial charge in [0.25, 0.3) is 11.1 Å². The third-order valence-electron chi connectivity index (χ3n) is 5.42. The van der Waals surface area contributed by atoms with E-state index in [1.807, 2.05) is 38.1 Å². The lowest BCUT2D eigenvalue weighted by atomic mass is 10.1. The molecule has 0 aliphatic rings. The van der Waals surface area contributed by atoms with Gasteiger partial charge in [0.05, 0.1) is 5.75 Å². The van der Waals surface area contributed by atoms with Gasteiger partial charge in [-0.2, -0.15) is 0 Å². The largest absolute Gasteiger partial charge is 0.411 e. The molecule has 0 saturated carbocycles. The van der Waals surface area contributed by atoms with Crippen molar-refractivity contribution >= 4 is 35.0 Å². The average Bonchev–Trinajstić information content (AvgIpc) is 3.34. The van der Waals surface area contributed by atoms with E-state index in [2.05, 4.69) is 34.3 Å². The van der Waals surface area contributed by atoms with Crippen LogP contribution in [0.15, 0.2) is 58.2 Å². The van der Waals surface area contributed by atoms with E-state index in [0.717, 1.165) is 24.3 Å². The van der Waals surface area contributed by atoms with Crippen LogP contribution in [0, 0.1) is 0 Å². The van der Waals surface area contributed by atoms with Crippen LogP contribution in [0.1, 0.15) is 38.1 Å². The van der Waals surface area contributed by atoms with Gasteiger partial charge in [-0.05, 0) is 70.2 Å². The van der Waals surface area contributed by atoms with Crippen molar-refractivity contribution in [3.05, 3.63) is 54.1 Å². The number of thioether (sulfide) groups is 1. The number of hydrogen-bond acceptors (Lipinski definition) is 7. The smallest absolute Gasteiger partial charge is 0.277 e. The number of carbonyl (C=O) groups excluding carboxylic acids is 2. The first-order valence-corrected chi connectivity index (χ1v) is 12.5. The van der Waals surface area contributed by atoms with Crippen molar-refractivity contribution in [2.24, 2.45) is 0 Å². The molecule has 1 N–H and O–H groups in total. The summed E-state index contributed by atoms with van der Waals surface area (Å²) in [4.78, 5) is 29.0. The van der Waals surface area contributed by atoms with Gasteiger partial charge in [-0.1, -0.05) is 17.8 Å². The molecule has 0 aliphatic carbocycles. The lowest BCUT2D eigenvalue weighted by Gasteiger charge is -2.20. The van der Waals surface area contributed by atoms with E-state index in [9.17, 15) is 9.59 Å². The number of hydrogen-bond donors (Lipinski definition) is 1. The molecule has 3 aromatic rings. The zero-order chi connectivity index (χ0) is 24.5. The molecular weight excluding hydrogens is 450 g/mol. The molecule has 0 fully saturated rings. The highest BCUT2D eigenvalue weighted by Crippen LogP contribution is 2.25. The summed E-state index contributed by atoms with van der Waals surface area (Å²) < 4.78 is 5.72. The minimum Gasteiger partial charge on any atom is -0.411 e. The Labute approximate surface area is 204 Å². The molecule has 34 heavy (non-hydrogen) atoms. The molecule has 1 aromatic heterocycles. The minimum absolute atomic E-state index is 0.0565. The van der Waals surface area contributed by atoms with Gasteiger partial charge in [-0.3, -0.25) is 9.59 Å². The molecule has 0 radical (unpaired) electrons. The fourth-order valence-electron chi connectivity index (χ4n) is 3.54. The van der Waals surface area contributed by atoms with Gasteiger partial charge in [-0.15, -0.1) is 10.2 Å². The number of benzene rings is 2. The highest BCUT2D eigenvalue weighted by atomic mass is 32.2. The molecule has 0 saturated heterocycles. The zero-order valence-corrected chi connectivity index (χ0v) is 20.9. The number of anilines is 2. The van der Waals surface area contributed by atoms with Crippen LogP contribution in [-0.4, -0.2) is 58.8 Å². The topological polar surface area (TPSA) is 91.6 Å². The molecule has 8 nitrogen and oxygen atoms in total. The van der Waals surface area contributed by atoms with E-state index >= 15 is 0 Å². The summed E-state index contributed by atoms with van der Waals surface area (Å²) in [5.74, 6) is 0.243. The number of aromatic nitrogens is 2. The molecular formula is C25H31N5O3S. The van der Waals surface area contributed by atoms with Gasteiger partial charge >= 0.3 is 0 Å². The molecule has 2 aromatic carbocycles. The Morgan fingerprint density at radius 1 is 0.941 bits per heavy atom. The summed E-state index contributed by atoms with van der Waals surface area (Å²) in [5, 5.41) is 11.3. The van der Waals surface area contributed by atoms with Gasteiger partial charge in [0.1, 0.15) is 0 Å². The Kier molecular flexibility index (Phi) is 9.09. The monoisotopic (exact) mass is 481 g/mol. The van der Waals surface area contributed by atoms with E-state index < -0.39 is 0 Å². The van der Waals surface area contributed by atoms with Crippen LogP contribution in [0.2, 0.25) is 0 Å². The molecule has 0 aliphatic heterocycles. The second-order valence-electron chi connectivity index (χ2n) is 7.49. The second-order valence-corrected chi connectivity index (χ2v) is 8.41. The molecule has 0 atom stereocenters. The van der Waals surface area contributed by atoms with Crippen LogP contribution in [0.4, 0.5) is 11.4 Å². The molecule has 0 unspecified atom stereocenters. The molecule has 3 rings (SSSR count). The standard InChI is InChI=1S/C25H31N5O3S/c1-5-29(6-2)21-14-12-18(13-15-21)23-27-28-25(33-23)34-17-22(31)26-20-11-9-10-19(16-20)24(32)30(7-3)8-4/h9-16H,5-8,17H2,1-4H3,(H,26,31). The van der Waals surface area contributed by atoms with Crippen LogP contribution in [-0.2, 0) is 4.79 Å². The normalized spacial score (nSPS) is 10.7. The van der Waals surface area contributed by atoms with Crippen molar-refractivity contribution in [1.29, 1.82) is 0 Å². The third-order valence-corrected chi connectivity index (χ3v) is 6.24. The van der Waals surface area contributed by atoms with Gasteiger partial charge < -0.3 is 19.5 Å². The Morgan fingerprint density at radius 3 is 2.29 bits per heavy atom. The highest BCUT2D eigenvalue weighted by Gasteiger charge is 2.15. The van der Waals surface area contributed by atoms with E-state index in [1.165, 1.54) is 11.8 Å². The Balaban J connectivity index is 1.56. The summed E-state index contributed by atoms with van der Waals surface area (Å²) in [6.07, 6.45) is 0. The van der Waals surface area contributed by atoms with E-state index in [4.69, 9.17) is 4.42 Å². The Bertz CT molecular complexity index is 1090. The Morgan fingerprint density at radius 2 is 1.65 bits per heavy atom. The fourth-order valence-corrected chi connectivity index (χ4v) is 4.10. The number of nitrogens with one attached hydrogen (secondary N) is 1. The van der Waals surface area contributed by atoms with Crippen molar-refractivity contribution in [2.75, 3.05) is 42.1 Å². The van der Waals surface area contributed by atoms with Crippen molar-refractivity contribution in [2.45, 2.75) is 32.9 Å². The molecule has 180 valence electrons. The molecule has 0 spiro atoms. The Hall–Kier alpha value is -3.33. The number of amides is 2. The first kappa shape index (κ1) is 25.3. The first-order valence-electron chi connectivity index (χ1n) is 11.5. The van der Waals surface area contributed by atoms with Crippen molar-refractivity contribution in [3.8, 4) is 11.5 Å². The summed E-state index contributed by atoms with van der Waals surface area (Å²) in [7, 11) is 0. The number of rotatable bonds is 11. The van der Waals surface area contributed by atoms with Crippen molar-refractivity contribution in [1.82, 2.24) is 15.1 Å². The number of carbonyl (C=O) groups is 2. The molecule has 1 heterocycles. The maximum Gasteiger partial charge on any atom is 0.277 e. The second kappa shape index (κ2) is 12.2. The van der Waals surface area contributed by atoms with Crippen molar-refractivity contribution in [3.63, 3.8) is 0 Å². The first-order chi connectivity index (χ1) is 16.5. The molecule has 0 bridgehead atoms. The maximum atomic E-state index is 12.5. The lowest BCUT2D eigenvalue weighted by Crippen LogP contribution is -2.30. The van der Waals surface area contributed by atoms with Gasteiger partial charge in [-0.25, -0.2) is 0 Å². The maximum absolute atomic E-state index is 12.5. The predicted molar refractivity (Wildman–Crippen MR) is 136 cm³/mol. The van der Waals surface area contributed by atoms with Crippen molar-refractivity contribution < 1.29 is 14.0 Å². The molecule has 9 heteroatoms. The van der Waals surface area contributed by atoms with Gasteiger partial charge in [0.2, 0.25) is 11.8 Å². The van der Waals surface area contributed by atoms with Crippen LogP contribution in [0.3, 0.4) is 0 Å². The van der Waals surface area contributed by atoms with Crippen LogP contribution >= 0.6 is 11.8 Å². The van der Waals surface area contributed by atoms with Crippen LogP contribution in [0.5, 0.6) is 0 Å². The summed E-state index contributed by atoms with van der Waals surface area (Å²) in [6.45, 7) is 11.3. The summed E-state index contributed by atoms with van der Waals surface area (Å²) in [5.41, 5.74) is 3.09. The van der Waals surface area contributed by atoms with Crippen LogP contribution < -0.4 is 10.2 Å². The predicted octanol–water partition coefficient (Wildman–Crippen LogP) is 4.80. The third kappa shape index (κ3) is 6.38. The minimum atomic E-state index is -0.222. The van der Waals surface area contributed by atoms with Crippen LogP contribution in [0.25, 0.3) is 11.5 Å². The number of nitrogens with zero attached hydrogens (tertiary/aromatic N) is 4. The fraction of sp³-hybridized carbons (Fsp3) is 0.360. The van der Waals surface area contributed by atoms with E-state index in [0.29, 0.717) is 35.5 Å². The lowest BCUT2D eigenvalue weighted by molar-refractivity contribution is -0.113. The molecule has 2 amide bonds. The highest BCUT2D eigenvalue weighted by molar-refractivity contribution is 7.99.